The Balaban J connectivity index is 2.08. The first kappa shape index (κ1) is 14.4. The van der Waals surface area contributed by atoms with Crippen molar-refractivity contribution in [2.45, 2.75) is 72.0 Å². The number of aliphatic hydroxyl groups is 1. The van der Waals surface area contributed by atoms with Gasteiger partial charge in [0.2, 0.25) is 0 Å². The Kier molecular flexibility index (Phi) is 2.87. The third kappa shape index (κ3) is 1.43. The number of hydrogen-bond donors (Lipinski definition) is 1. The third-order valence-electron chi connectivity index (χ3n) is 7.36. The third-order valence-corrected chi connectivity index (χ3v) is 7.36. The molecule has 3 fully saturated rings. The number of ether oxygens (including phenoxy) is 1. The van der Waals surface area contributed by atoms with Crippen LogP contribution in [0.4, 0.5) is 0 Å². The fourth-order valence-electron chi connectivity index (χ4n) is 6.34. The number of rotatable bonds is 1. The van der Waals surface area contributed by atoms with E-state index in [0.717, 1.165) is 12.8 Å². The van der Waals surface area contributed by atoms with Gasteiger partial charge in [0.05, 0.1) is 0 Å². The molecule has 0 amide bonds. The lowest BCUT2D eigenvalue weighted by Gasteiger charge is -2.59. The average molecular weight is 280 g/mol. The van der Waals surface area contributed by atoms with Crippen molar-refractivity contribution >= 4 is 5.97 Å². The largest absolute Gasteiger partial charge is 0.459 e. The Hall–Kier alpha value is -0.570. The van der Waals surface area contributed by atoms with Crippen LogP contribution in [-0.4, -0.2) is 22.8 Å². The SMILES string of the molecule is CC(=O)OC1CC2CC3C(C)CCC3(C2(C)C)C1(C)O. The van der Waals surface area contributed by atoms with Crippen LogP contribution in [0, 0.1) is 28.6 Å². The topological polar surface area (TPSA) is 46.5 Å². The molecule has 20 heavy (non-hydrogen) atoms. The zero-order chi connectivity index (χ0) is 14.9. The van der Waals surface area contributed by atoms with Gasteiger partial charge in [0.25, 0.3) is 0 Å². The predicted molar refractivity (Wildman–Crippen MR) is 77.0 cm³/mol. The molecular formula is C17H28O3. The van der Waals surface area contributed by atoms with Crippen LogP contribution in [0.1, 0.15) is 60.3 Å². The highest BCUT2D eigenvalue weighted by atomic mass is 16.6. The highest BCUT2D eigenvalue weighted by molar-refractivity contribution is 5.66. The molecule has 6 unspecified atom stereocenters. The molecule has 0 aromatic heterocycles. The molecular weight excluding hydrogens is 252 g/mol. The van der Waals surface area contributed by atoms with Crippen molar-refractivity contribution in [2.75, 3.05) is 0 Å². The van der Waals surface area contributed by atoms with Gasteiger partial charge in [0.1, 0.15) is 11.7 Å². The summed E-state index contributed by atoms with van der Waals surface area (Å²) < 4.78 is 5.53. The first-order chi connectivity index (χ1) is 9.14. The van der Waals surface area contributed by atoms with Crippen LogP contribution in [-0.2, 0) is 9.53 Å². The van der Waals surface area contributed by atoms with Gasteiger partial charge in [-0.15, -0.1) is 0 Å². The minimum absolute atomic E-state index is 0.0948. The summed E-state index contributed by atoms with van der Waals surface area (Å²) in [4.78, 5) is 11.4. The Bertz CT molecular complexity index is 440. The zero-order valence-electron chi connectivity index (χ0n) is 13.4. The minimum atomic E-state index is -0.912. The smallest absolute Gasteiger partial charge is 0.303 e. The second-order valence-corrected chi connectivity index (χ2v) is 8.23. The molecule has 1 spiro atoms. The zero-order valence-corrected chi connectivity index (χ0v) is 13.4. The summed E-state index contributed by atoms with van der Waals surface area (Å²) in [5, 5.41) is 11.4. The van der Waals surface area contributed by atoms with Crippen LogP contribution in [0.25, 0.3) is 0 Å². The molecule has 3 aliphatic rings. The fraction of sp³-hybridized carbons (Fsp3) is 0.941. The Morgan fingerprint density at radius 2 is 1.90 bits per heavy atom. The number of carbonyl (C=O) groups is 1. The van der Waals surface area contributed by atoms with Gasteiger partial charge in [0.15, 0.2) is 0 Å². The molecule has 3 aliphatic carbocycles. The van der Waals surface area contributed by atoms with E-state index in [0.29, 0.717) is 17.8 Å². The lowest BCUT2D eigenvalue weighted by atomic mass is 9.49. The van der Waals surface area contributed by atoms with Crippen LogP contribution >= 0.6 is 0 Å². The molecule has 3 nitrogen and oxygen atoms in total. The van der Waals surface area contributed by atoms with Crippen molar-refractivity contribution < 1.29 is 14.6 Å². The summed E-state index contributed by atoms with van der Waals surface area (Å²) in [6.45, 7) is 10.4. The first-order valence-electron chi connectivity index (χ1n) is 8.04. The van der Waals surface area contributed by atoms with E-state index in [1.54, 1.807) is 0 Å². The lowest BCUT2D eigenvalue weighted by molar-refractivity contribution is -0.234. The Morgan fingerprint density at radius 3 is 2.50 bits per heavy atom. The molecule has 3 rings (SSSR count). The van der Waals surface area contributed by atoms with Gasteiger partial charge in [-0.1, -0.05) is 20.8 Å². The van der Waals surface area contributed by atoms with E-state index < -0.39 is 5.60 Å². The van der Waals surface area contributed by atoms with E-state index in [-0.39, 0.29) is 22.9 Å². The highest BCUT2D eigenvalue weighted by Gasteiger charge is 2.75. The summed E-state index contributed by atoms with van der Waals surface area (Å²) in [6.07, 6.45) is 3.90. The van der Waals surface area contributed by atoms with Crippen LogP contribution < -0.4 is 0 Å². The van der Waals surface area contributed by atoms with Gasteiger partial charge in [-0.05, 0) is 55.8 Å². The molecule has 0 heterocycles. The van der Waals surface area contributed by atoms with E-state index in [1.807, 2.05) is 6.92 Å². The molecule has 3 heteroatoms. The van der Waals surface area contributed by atoms with E-state index in [4.69, 9.17) is 4.74 Å². The van der Waals surface area contributed by atoms with Gasteiger partial charge >= 0.3 is 5.97 Å². The van der Waals surface area contributed by atoms with Gasteiger partial charge in [-0.3, -0.25) is 4.79 Å². The van der Waals surface area contributed by atoms with Crippen LogP contribution in [0.2, 0.25) is 0 Å². The fourth-order valence-corrected chi connectivity index (χ4v) is 6.34. The summed E-state index contributed by atoms with van der Waals surface area (Å²) in [6, 6.07) is 0. The van der Waals surface area contributed by atoms with Crippen LogP contribution in [0.3, 0.4) is 0 Å². The highest BCUT2D eigenvalue weighted by Crippen LogP contribution is 2.75. The second kappa shape index (κ2) is 4.00. The van der Waals surface area contributed by atoms with Gasteiger partial charge in [-0.2, -0.15) is 0 Å². The molecule has 6 atom stereocenters. The van der Waals surface area contributed by atoms with E-state index >= 15 is 0 Å². The number of carbonyl (C=O) groups excluding carboxylic acids is 1. The van der Waals surface area contributed by atoms with E-state index in [9.17, 15) is 9.90 Å². The van der Waals surface area contributed by atoms with E-state index in [1.165, 1.54) is 19.8 Å². The average Bonchev–Trinajstić information content (AvgIpc) is 2.71. The molecule has 2 bridgehead atoms. The quantitative estimate of drug-likeness (QED) is 0.751. The van der Waals surface area contributed by atoms with Crippen LogP contribution in [0.5, 0.6) is 0 Å². The molecule has 0 aliphatic heterocycles. The van der Waals surface area contributed by atoms with Gasteiger partial charge in [-0.25, -0.2) is 0 Å². The van der Waals surface area contributed by atoms with Crippen molar-refractivity contribution in [2.24, 2.45) is 28.6 Å². The standard InChI is InChI=1S/C17H28O3/c1-10-6-7-17-13(10)8-12(15(17,3)4)9-14(16(17,5)19)20-11(2)18/h10,12-14,19H,6-9H2,1-5H3. The normalized spacial score (nSPS) is 52.7. The molecule has 3 saturated carbocycles. The Morgan fingerprint density at radius 1 is 1.25 bits per heavy atom. The Labute approximate surface area is 122 Å². The lowest BCUT2D eigenvalue weighted by Crippen LogP contribution is -2.64. The van der Waals surface area contributed by atoms with Crippen LogP contribution in [0.15, 0.2) is 0 Å². The summed E-state index contributed by atoms with van der Waals surface area (Å²) in [5.74, 6) is 1.52. The summed E-state index contributed by atoms with van der Waals surface area (Å²) in [5.41, 5.74) is -0.879. The van der Waals surface area contributed by atoms with Gasteiger partial charge in [0, 0.05) is 12.3 Å². The maximum Gasteiger partial charge on any atom is 0.303 e. The van der Waals surface area contributed by atoms with Crippen molar-refractivity contribution in [3.63, 3.8) is 0 Å². The van der Waals surface area contributed by atoms with Gasteiger partial charge < -0.3 is 9.84 Å². The van der Waals surface area contributed by atoms with Crippen molar-refractivity contribution in [3.8, 4) is 0 Å². The monoisotopic (exact) mass is 280 g/mol. The molecule has 114 valence electrons. The molecule has 0 radical (unpaired) electrons. The predicted octanol–water partition coefficient (Wildman–Crippen LogP) is 3.15. The maximum absolute atomic E-state index is 11.4. The van der Waals surface area contributed by atoms with E-state index in [2.05, 4.69) is 20.8 Å². The summed E-state index contributed by atoms with van der Waals surface area (Å²) >= 11 is 0. The molecule has 1 N–H and O–H groups in total. The molecule has 0 aromatic carbocycles. The molecule has 0 saturated heterocycles. The second-order valence-electron chi connectivity index (χ2n) is 8.23. The number of fused-ring (bicyclic) bond motifs is 1. The number of hydrogen-bond acceptors (Lipinski definition) is 3. The summed E-state index contributed by atoms with van der Waals surface area (Å²) in [7, 11) is 0. The molecule has 0 aromatic rings. The van der Waals surface area contributed by atoms with Crippen molar-refractivity contribution in [1.29, 1.82) is 0 Å². The minimum Gasteiger partial charge on any atom is -0.459 e. The van der Waals surface area contributed by atoms with Crippen molar-refractivity contribution in [3.05, 3.63) is 0 Å². The first-order valence-corrected chi connectivity index (χ1v) is 8.04. The van der Waals surface area contributed by atoms with Crippen molar-refractivity contribution in [1.82, 2.24) is 0 Å². The maximum atomic E-state index is 11.4. The number of esters is 1.